The number of hydrogen-bond acceptors (Lipinski definition) is 15. The van der Waals surface area contributed by atoms with E-state index in [2.05, 4.69) is 34.6 Å². The van der Waals surface area contributed by atoms with Gasteiger partial charge in [-0.25, -0.2) is 9.13 Å². The van der Waals surface area contributed by atoms with Crippen LogP contribution in [0.1, 0.15) is 375 Å². The predicted molar refractivity (Wildman–Crippen MR) is 368 cm³/mol. The lowest BCUT2D eigenvalue weighted by Crippen LogP contribution is -2.30. The van der Waals surface area contributed by atoms with Crippen molar-refractivity contribution >= 4 is 39.5 Å². The lowest BCUT2D eigenvalue weighted by atomic mass is 10.0. The van der Waals surface area contributed by atoms with Crippen molar-refractivity contribution in [2.75, 3.05) is 39.6 Å². The molecule has 0 saturated heterocycles. The first-order chi connectivity index (χ1) is 44.0. The van der Waals surface area contributed by atoms with E-state index in [0.717, 1.165) is 102 Å². The number of phosphoric acid groups is 2. The highest BCUT2D eigenvalue weighted by atomic mass is 31.2. The summed E-state index contributed by atoms with van der Waals surface area (Å²) in [5, 5.41) is 10.6. The van der Waals surface area contributed by atoms with Gasteiger partial charge in [-0.05, 0) is 31.6 Å². The van der Waals surface area contributed by atoms with Crippen molar-refractivity contribution in [3.8, 4) is 0 Å². The van der Waals surface area contributed by atoms with Gasteiger partial charge in [0.2, 0.25) is 0 Å². The molecule has 0 heterocycles. The van der Waals surface area contributed by atoms with E-state index in [9.17, 15) is 43.2 Å². The van der Waals surface area contributed by atoms with Gasteiger partial charge in [0, 0.05) is 25.7 Å². The van der Waals surface area contributed by atoms with E-state index < -0.39 is 97.5 Å². The van der Waals surface area contributed by atoms with Gasteiger partial charge in [-0.15, -0.1) is 0 Å². The molecule has 0 aliphatic carbocycles. The highest BCUT2D eigenvalue weighted by Crippen LogP contribution is 2.45. The standard InChI is InChI=1S/C72H140O17P2/c1-6-9-12-15-17-19-21-22-23-24-25-26-27-30-35-39-43-48-53-58-72(77)89-68(62-83-70(75)56-51-46-41-37-34-31-28-29-33-36-40-45-49-54-65(4)5)64-87-91(80,81)85-60-66(73)59-84-90(78,79)86-63-67(61-82-69(74)55-50-44-14-11-8-3)88-71(76)57-52-47-42-38-32-20-18-16-13-10-7-2/h65-68,73H,6-64H2,1-5H3,(H,78,79)(H,80,81)/t66-,67+,68+/m0/s1. The van der Waals surface area contributed by atoms with Crippen LogP contribution >= 0.6 is 15.6 Å². The van der Waals surface area contributed by atoms with Crippen molar-refractivity contribution in [2.24, 2.45) is 5.92 Å². The third-order valence-electron chi connectivity index (χ3n) is 16.8. The Kier molecular flexibility index (Phi) is 64.0. The topological polar surface area (TPSA) is 237 Å². The van der Waals surface area contributed by atoms with Crippen molar-refractivity contribution in [1.82, 2.24) is 0 Å². The number of aliphatic hydroxyl groups excluding tert-OH is 1. The number of hydrogen-bond donors (Lipinski definition) is 3. The van der Waals surface area contributed by atoms with Gasteiger partial charge in [-0.1, -0.05) is 324 Å². The number of carbonyl (C=O) groups excluding carboxylic acids is 4. The molecular formula is C72H140O17P2. The summed E-state index contributed by atoms with van der Waals surface area (Å²) in [5.74, 6) is -1.34. The van der Waals surface area contributed by atoms with E-state index >= 15 is 0 Å². The first-order valence-corrected chi connectivity index (χ1v) is 40.6. The molecule has 0 amide bonds. The number of aliphatic hydroxyl groups is 1. The first kappa shape index (κ1) is 89.1. The summed E-state index contributed by atoms with van der Waals surface area (Å²) in [6, 6.07) is 0. The molecule has 0 fully saturated rings. The summed E-state index contributed by atoms with van der Waals surface area (Å²) in [7, 11) is -9.89. The molecule has 0 aromatic rings. The third kappa shape index (κ3) is 66.5. The zero-order valence-corrected chi connectivity index (χ0v) is 60.8. The second kappa shape index (κ2) is 65.4. The number of esters is 4. The summed E-state index contributed by atoms with van der Waals surface area (Å²) in [5.41, 5.74) is 0. The summed E-state index contributed by atoms with van der Waals surface area (Å²) < 4.78 is 68.1. The van der Waals surface area contributed by atoms with E-state index in [1.54, 1.807) is 0 Å². The fraction of sp³-hybridized carbons (Fsp3) is 0.944. The molecule has 5 atom stereocenters. The summed E-state index contributed by atoms with van der Waals surface area (Å²) in [6.45, 7) is 7.19. The van der Waals surface area contributed by atoms with E-state index in [1.807, 2.05) is 0 Å². The maximum atomic E-state index is 13.0. The molecule has 0 aromatic heterocycles. The largest absolute Gasteiger partial charge is 0.472 e. The van der Waals surface area contributed by atoms with Crippen molar-refractivity contribution in [2.45, 2.75) is 393 Å². The molecule has 0 aliphatic rings. The zero-order chi connectivity index (χ0) is 67.0. The molecule has 2 unspecified atom stereocenters. The van der Waals surface area contributed by atoms with Crippen molar-refractivity contribution < 1.29 is 80.2 Å². The Morgan fingerprint density at radius 1 is 0.297 bits per heavy atom. The highest BCUT2D eigenvalue weighted by Gasteiger charge is 2.30. The van der Waals surface area contributed by atoms with Gasteiger partial charge in [0.05, 0.1) is 26.4 Å². The van der Waals surface area contributed by atoms with Gasteiger partial charge in [-0.3, -0.25) is 37.3 Å². The molecule has 0 aromatic carbocycles. The molecular weight excluding hydrogens is 1200 g/mol. The lowest BCUT2D eigenvalue weighted by Gasteiger charge is -2.21. The highest BCUT2D eigenvalue weighted by molar-refractivity contribution is 7.47. The molecule has 0 rings (SSSR count). The molecule has 0 aliphatic heterocycles. The minimum Gasteiger partial charge on any atom is -0.462 e. The molecule has 0 bridgehead atoms. The van der Waals surface area contributed by atoms with Crippen LogP contribution in [0, 0.1) is 5.92 Å². The molecule has 19 heteroatoms. The minimum absolute atomic E-state index is 0.106. The van der Waals surface area contributed by atoms with Gasteiger partial charge in [0.25, 0.3) is 0 Å². The normalized spacial score (nSPS) is 14.0. The molecule has 540 valence electrons. The van der Waals surface area contributed by atoms with Crippen LogP contribution in [0.4, 0.5) is 0 Å². The van der Waals surface area contributed by atoms with E-state index in [4.69, 9.17) is 37.0 Å². The third-order valence-corrected chi connectivity index (χ3v) is 18.7. The Morgan fingerprint density at radius 3 is 0.747 bits per heavy atom. The summed E-state index contributed by atoms with van der Waals surface area (Å²) in [6.07, 6.45) is 53.1. The van der Waals surface area contributed by atoms with Gasteiger partial charge in [0.15, 0.2) is 12.2 Å². The monoisotopic (exact) mass is 1340 g/mol. The zero-order valence-electron chi connectivity index (χ0n) is 59.0. The minimum atomic E-state index is -4.95. The number of rotatable bonds is 72. The smallest absolute Gasteiger partial charge is 0.462 e. The van der Waals surface area contributed by atoms with E-state index in [1.165, 1.54) is 193 Å². The van der Waals surface area contributed by atoms with Crippen LogP contribution in [0.25, 0.3) is 0 Å². The summed E-state index contributed by atoms with van der Waals surface area (Å²) in [4.78, 5) is 72.3. The van der Waals surface area contributed by atoms with Crippen molar-refractivity contribution in [3.63, 3.8) is 0 Å². The fourth-order valence-corrected chi connectivity index (χ4v) is 12.6. The average molecular weight is 1340 g/mol. The molecule has 3 N–H and O–H groups in total. The van der Waals surface area contributed by atoms with Gasteiger partial charge < -0.3 is 33.8 Å². The second-order valence-electron chi connectivity index (χ2n) is 26.5. The van der Waals surface area contributed by atoms with Gasteiger partial charge in [-0.2, -0.15) is 0 Å². The van der Waals surface area contributed by atoms with Crippen LogP contribution in [0.5, 0.6) is 0 Å². The van der Waals surface area contributed by atoms with Gasteiger partial charge >= 0.3 is 39.5 Å². The Labute approximate surface area is 556 Å². The Hall–Kier alpha value is -1.94. The second-order valence-corrected chi connectivity index (χ2v) is 29.4. The molecule has 0 radical (unpaired) electrons. The lowest BCUT2D eigenvalue weighted by molar-refractivity contribution is -0.161. The van der Waals surface area contributed by atoms with Crippen LogP contribution in [0.15, 0.2) is 0 Å². The van der Waals surface area contributed by atoms with Crippen molar-refractivity contribution in [1.29, 1.82) is 0 Å². The van der Waals surface area contributed by atoms with Crippen LogP contribution in [0.2, 0.25) is 0 Å². The number of unbranched alkanes of at least 4 members (excludes halogenated alkanes) is 44. The summed E-state index contributed by atoms with van der Waals surface area (Å²) >= 11 is 0. The number of ether oxygens (including phenoxy) is 4. The van der Waals surface area contributed by atoms with Crippen LogP contribution in [-0.2, 0) is 65.4 Å². The van der Waals surface area contributed by atoms with Crippen LogP contribution < -0.4 is 0 Å². The molecule has 91 heavy (non-hydrogen) atoms. The Bertz CT molecular complexity index is 1750. The van der Waals surface area contributed by atoms with Crippen LogP contribution in [-0.4, -0.2) is 96.7 Å². The predicted octanol–water partition coefficient (Wildman–Crippen LogP) is 20.9. The van der Waals surface area contributed by atoms with Gasteiger partial charge in [0.1, 0.15) is 19.3 Å². The number of phosphoric ester groups is 2. The maximum Gasteiger partial charge on any atom is 0.472 e. The quantitative estimate of drug-likeness (QED) is 0.0222. The SMILES string of the molecule is CCCCCCCCCCCCCCCCCCCCCC(=O)O[C@H](COC(=O)CCCCCCCCCCCCCCCC(C)C)COP(=O)(O)OC[C@@H](O)COP(=O)(O)OC[C@@H](COC(=O)CCCCCCC)OC(=O)CCCCCCCCCCCCC. The molecule has 0 saturated carbocycles. The molecule has 0 spiro atoms. The van der Waals surface area contributed by atoms with Crippen molar-refractivity contribution in [3.05, 3.63) is 0 Å². The van der Waals surface area contributed by atoms with E-state index in [0.29, 0.717) is 25.7 Å². The first-order valence-electron chi connectivity index (χ1n) is 37.6. The Morgan fingerprint density at radius 2 is 0.505 bits per heavy atom. The fourth-order valence-electron chi connectivity index (χ4n) is 11.0. The Balaban J connectivity index is 5.14. The maximum absolute atomic E-state index is 13.0. The number of carbonyl (C=O) groups is 4. The van der Waals surface area contributed by atoms with E-state index in [-0.39, 0.29) is 25.7 Å². The average Bonchev–Trinajstić information content (AvgIpc) is 3.66. The van der Waals surface area contributed by atoms with Crippen LogP contribution in [0.3, 0.4) is 0 Å². The molecule has 17 nitrogen and oxygen atoms in total.